The summed E-state index contributed by atoms with van der Waals surface area (Å²) in [4.78, 5) is 21.1. The number of hydrogen-bond donors (Lipinski definition) is 0. The van der Waals surface area contributed by atoms with Gasteiger partial charge >= 0.3 is 5.97 Å². The number of nitro groups is 1. The van der Waals surface area contributed by atoms with E-state index < -0.39 is 10.9 Å². The molecule has 6 heteroatoms. The van der Waals surface area contributed by atoms with Gasteiger partial charge in [0, 0.05) is 11.6 Å². The fraction of sp³-hybridized carbons (Fsp3) is 0.364. The molecular formula is C11H13NO5. The zero-order chi connectivity index (χ0) is 13.0. The summed E-state index contributed by atoms with van der Waals surface area (Å²) in [6.45, 7) is 3.08. The maximum absolute atomic E-state index is 10.9. The molecule has 0 bridgehead atoms. The Morgan fingerprint density at radius 2 is 2.00 bits per heavy atom. The summed E-state index contributed by atoms with van der Waals surface area (Å²) in [6.07, 6.45) is 0. The summed E-state index contributed by atoms with van der Waals surface area (Å²) in [5.41, 5.74) is 1.12. The Morgan fingerprint density at radius 1 is 1.35 bits per heavy atom. The lowest BCUT2D eigenvalue weighted by atomic mass is 10.1. The van der Waals surface area contributed by atoms with Crippen LogP contribution in [0.5, 0.6) is 5.75 Å². The summed E-state index contributed by atoms with van der Waals surface area (Å²) in [5, 5.41) is 10.7. The van der Waals surface area contributed by atoms with Gasteiger partial charge in [-0.05, 0) is 25.5 Å². The van der Waals surface area contributed by atoms with E-state index in [1.807, 2.05) is 0 Å². The van der Waals surface area contributed by atoms with Crippen LogP contribution in [-0.4, -0.2) is 24.6 Å². The average molecular weight is 239 g/mol. The van der Waals surface area contributed by atoms with Crippen LogP contribution in [0, 0.1) is 24.0 Å². The number of nitrogens with zero attached hydrogens (tertiary/aromatic N) is 1. The van der Waals surface area contributed by atoms with Crippen LogP contribution in [0.2, 0.25) is 0 Å². The molecule has 0 aliphatic rings. The predicted molar refractivity (Wildman–Crippen MR) is 60.1 cm³/mol. The van der Waals surface area contributed by atoms with Gasteiger partial charge in [-0.1, -0.05) is 0 Å². The van der Waals surface area contributed by atoms with E-state index in [0.29, 0.717) is 16.9 Å². The van der Waals surface area contributed by atoms with Crippen LogP contribution in [0.4, 0.5) is 5.69 Å². The number of nitro benzene ring substituents is 1. The van der Waals surface area contributed by atoms with Gasteiger partial charge in [0.15, 0.2) is 6.61 Å². The number of aryl methyl sites for hydroxylation is 2. The third kappa shape index (κ3) is 3.17. The molecule has 0 saturated carbocycles. The molecule has 0 heterocycles. The second-order valence-electron chi connectivity index (χ2n) is 3.53. The van der Waals surface area contributed by atoms with Crippen molar-refractivity contribution < 1.29 is 19.2 Å². The van der Waals surface area contributed by atoms with Gasteiger partial charge in [-0.25, -0.2) is 4.79 Å². The third-order valence-electron chi connectivity index (χ3n) is 2.26. The third-order valence-corrected chi connectivity index (χ3v) is 2.26. The molecule has 0 aliphatic carbocycles. The Kier molecular flexibility index (Phi) is 4.03. The highest BCUT2D eigenvalue weighted by Gasteiger charge is 2.14. The van der Waals surface area contributed by atoms with Gasteiger partial charge in [-0.15, -0.1) is 0 Å². The predicted octanol–water partition coefficient (Wildman–Crippen LogP) is 1.76. The number of esters is 1. The lowest BCUT2D eigenvalue weighted by Crippen LogP contribution is -2.13. The molecule has 0 fully saturated rings. The van der Waals surface area contributed by atoms with Crippen molar-refractivity contribution >= 4 is 11.7 Å². The second kappa shape index (κ2) is 5.29. The van der Waals surface area contributed by atoms with Crippen molar-refractivity contribution in [2.75, 3.05) is 13.7 Å². The van der Waals surface area contributed by atoms with Gasteiger partial charge in [0.2, 0.25) is 0 Å². The molecule has 0 unspecified atom stereocenters. The molecule has 0 aromatic heterocycles. The normalized spacial score (nSPS) is 9.82. The Balaban J connectivity index is 2.92. The first kappa shape index (κ1) is 13.0. The lowest BCUT2D eigenvalue weighted by molar-refractivity contribution is -0.385. The van der Waals surface area contributed by atoms with Crippen molar-refractivity contribution in [3.63, 3.8) is 0 Å². The molecule has 17 heavy (non-hydrogen) atoms. The molecule has 0 atom stereocenters. The number of methoxy groups -OCH3 is 1. The zero-order valence-electron chi connectivity index (χ0n) is 9.85. The van der Waals surface area contributed by atoms with Crippen molar-refractivity contribution in [3.8, 4) is 5.75 Å². The van der Waals surface area contributed by atoms with Crippen LogP contribution in [-0.2, 0) is 9.53 Å². The lowest BCUT2D eigenvalue weighted by Gasteiger charge is -2.09. The van der Waals surface area contributed by atoms with Crippen LogP contribution in [0.15, 0.2) is 12.1 Å². The van der Waals surface area contributed by atoms with Crippen molar-refractivity contribution in [2.24, 2.45) is 0 Å². The number of rotatable bonds is 4. The molecule has 6 nitrogen and oxygen atoms in total. The summed E-state index contributed by atoms with van der Waals surface area (Å²) in [6, 6.07) is 2.96. The highest BCUT2D eigenvalue weighted by Crippen LogP contribution is 2.27. The Bertz CT molecular complexity index is 455. The minimum Gasteiger partial charge on any atom is -0.482 e. The molecule has 1 aromatic rings. The van der Waals surface area contributed by atoms with Crippen LogP contribution < -0.4 is 4.74 Å². The largest absolute Gasteiger partial charge is 0.482 e. The van der Waals surface area contributed by atoms with Crippen molar-refractivity contribution in [2.45, 2.75) is 13.8 Å². The van der Waals surface area contributed by atoms with Gasteiger partial charge in [0.05, 0.1) is 12.0 Å². The van der Waals surface area contributed by atoms with E-state index in [0.717, 1.165) is 0 Å². The minimum absolute atomic E-state index is 0.0351. The van der Waals surface area contributed by atoms with E-state index in [-0.39, 0.29) is 12.3 Å². The first-order chi connectivity index (χ1) is 7.95. The summed E-state index contributed by atoms with van der Waals surface area (Å²) in [5.74, 6) is -0.0566. The van der Waals surface area contributed by atoms with Crippen molar-refractivity contribution in [1.29, 1.82) is 0 Å². The summed E-state index contributed by atoms with van der Waals surface area (Å²) in [7, 11) is 1.26. The van der Waals surface area contributed by atoms with Crippen LogP contribution >= 0.6 is 0 Å². The topological polar surface area (TPSA) is 78.7 Å². The first-order valence-corrected chi connectivity index (χ1v) is 4.91. The van der Waals surface area contributed by atoms with Gasteiger partial charge in [-0.3, -0.25) is 10.1 Å². The Hall–Kier alpha value is -2.11. The molecule has 0 spiro atoms. The minimum atomic E-state index is -0.500. The molecule has 0 amide bonds. The number of carbonyl (C=O) groups excluding carboxylic acids is 1. The SMILES string of the molecule is COC(=O)COc1cc(C)c([N+](=O)[O-])cc1C. The number of ether oxygens (including phenoxy) is 2. The molecular weight excluding hydrogens is 226 g/mol. The monoisotopic (exact) mass is 239 g/mol. The fourth-order valence-electron chi connectivity index (χ4n) is 1.32. The van der Waals surface area contributed by atoms with Crippen molar-refractivity contribution in [1.82, 2.24) is 0 Å². The van der Waals surface area contributed by atoms with E-state index in [1.54, 1.807) is 13.8 Å². The smallest absolute Gasteiger partial charge is 0.343 e. The van der Waals surface area contributed by atoms with Crippen LogP contribution in [0.3, 0.4) is 0 Å². The maximum Gasteiger partial charge on any atom is 0.343 e. The number of hydrogen-bond acceptors (Lipinski definition) is 5. The zero-order valence-corrected chi connectivity index (χ0v) is 9.85. The number of benzene rings is 1. The number of carbonyl (C=O) groups is 1. The molecule has 0 aliphatic heterocycles. The van der Waals surface area contributed by atoms with Gasteiger partial charge in [0.1, 0.15) is 5.75 Å². The standard InChI is InChI=1S/C11H13NO5/c1-7-5-10(17-6-11(13)16-3)8(2)4-9(7)12(14)15/h4-5H,6H2,1-3H3. The molecule has 0 N–H and O–H groups in total. The molecule has 92 valence electrons. The fourth-order valence-corrected chi connectivity index (χ4v) is 1.32. The quantitative estimate of drug-likeness (QED) is 0.454. The Morgan fingerprint density at radius 3 is 2.53 bits per heavy atom. The molecule has 1 aromatic carbocycles. The van der Waals surface area contributed by atoms with Gasteiger partial charge < -0.3 is 9.47 Å². The van der Waals surface area contributed by atoms with E-state index >= 15 is 0 Å². The maximum atomic E-state index is 10.9. The second-order valence-corrected chi connectivity index (χ2v) is 3.53. The molecule has 0 radical (unpaired) electrons. The molecule has 0 saturated heterocycles. The van der Waals surface area contributed by atoms with Crippen LogP contribution in [0.25, 0.3) is 0 Å². The summed E-state index contributed by atoms with van der Waals surface area (Å²) >= 11 is 0. The molecule has 1 rings (SSSR count). The van der Waals surface area contributed by atoms with E-state index in [1.165, 1.54) is 19.2 Å². The van der Waals surface area contributed by atoms with E-state index in [4.69, 9.17) is 4.74 Å². The summed E-state index contributed by atoms with van der Waals surface area (Å²) < 4.78 is 9.64. The highest BCUT2D eigenvalue weighted by molar-refractivity contribution is 5.71. The van der Waals surface area contributed by atoms with Gasteiger partial charge in [-0.2, -0.15) is 0 Å². The Labute approximate surface area is 98.3 Å². The van der Waals surface area contributed by atoms with Gasteiger partial charge in [0.25, 0.3) is 5.69 Å². The van der Waals surface area contributed by atoms with Crippen LogP contribution in [0.1, 0.15) is 11.1 Å². The van der Waals surface area contributed by atoms with Crippen molar-refractivity contribution in [3.05, 3.63) is 33.4 Å². The highest BCUT2D eigenvalue weighted by atomic mass is 16.6. The average Bonchev–Trinajstić information content (AvgIpc) is 2.28. The first-order valence-electron chi connectivity index (χ1n) is 4.91. The van der Waals surface area contributed by atoms with E-state index in [2.05, 4.69) is 4.74 Å². The van der Waals surface area contributed by atoms with E-state index in [9.17, 15) is 14.9 Å².